The summed E-state index contributed by atoms with van der Waals surface area (Å²) < 4.78 is 5.41. The van der Waals surface area contributed by atoms with Gasteiger partial charge in [-0.2, -0.15) is 0 Å². The van der Waals surface area contributed by atoms with Crippen LogP contribution >= 0.6 is 0 Å². The van der Waals surface area contributed by atoms with Gasteiger partial charge in [0.2, 0.25) is 0 Å². The van der Waals surface area contributed by atoms with Gasteiger partial charge in [-0.05, 0) is 24.6 Å². The third-order valence-electron chi connectivity index (χ3n) is 3.33. The zero-order chi connectivity index (χ0) is 13.6. The SMILES string of the molecule is Cc1nc2cc(C3(C)CNC(=O)C(=O)N3)ccc2o1. The summed E-state index contributed by atoms with van der Waals surface area (Å²) in [6.45, 7) is 3.99. The molecule has 1 atom stereocenters. The van der Waals surface area contributed by atoms with Crippen molar-refractivity contribution in [3.05, 3.63) is 29.7 Å². The van der Waals surface area contributed by atoms with Crippen molar-refractivity contribution in [1.29, 1.82) is 0 Å². The van der Waals surface area contributed by atoms with Crippen LogP contribution in [0.15, 0.2) is 22.6 Å². The number of rotatable bonds is 1. The van der Waals surface area contributed by atoms with Gasteiger partial charge in [0.25, 0.3) is 0 Å². The van der Waals surface area contributed by atoms with Crippen molar-refractivity contribution in [3.63, 3.8) is 0 Å². The quantitative estimate of drug-likeness (QED) is 0.734. The van der Waals surface area contributed by atoms with E-state index < -0.39 is 17.4 Å². The van der Waals surface area contributed by atoms with Crippen molar-refractivity contribution in [2.75, 3.05) is 6.54 Å². The summed E-state index contributed by atoms with van der Waals surface area (Å²) >= 11 is 0. The van der Waals surface area contributed by atoms with Gasteiger partial charge in [0.1, 0.15) is 5.52 Å². The lowest BCUT2D eigenvalue weighted by atomic mass is 9.90. The van der Waals surface area contributed by atoms with Gasteiger partial charge in [-0.1, -0.05) is 6.07 Å². The Balaban J connectivity index is 2.03. The molecule has 6 heteroatoms. The summed E-state index contributed by atoms with van der Waals surface area (Å²) in [7, 11) is 0. The van der Waals surface area contributed by atoms with Crippen LogP contribution in [0.25, 0.3) is 11.1 Å². The van der Waals surface area contributed by atoms with Crippen LogP contribution in [0.3, 0.4) is 0 Å². The number of nitrogens with zero attached hydrogens (tertiary/aromatic N) is 1. The number of oxazole rings is 1. The highest BCUT2D eigenvalue weighted by Gasteiger charge is 2.36. The van der Waals surface area contributed by atoms with Crippen LogP contribution in [0.5, 0.6) is 0 Å². The predicted octanol–water partition coefficient (Wildman–Crippen LogP) is 0.597. The second-order valence-corrected chi connectivity index (χ2v) is 4.88. The van der Waals surface area contributed by atoms with E-state index >= 15 is 0 Å². The molecular formula is C13H13N3O3. The molecule has 1 fully saturated rings. The molecule has 0 radical (unpaired) electrons. The maximum absolute atomic E-state index is 11.5. The van der Waals surface area contributed by atoms with Crippen LogP contribution in [-0.4, -0.2) is 23.3 Å². The molecule has 1 aliphatic heterocycles. The molecule has 1 unspecified atom stereocenters. The molecule has 2 N–H and O–H groups in total. The summed E-state index contributed by atoms with van der Waals surface area (Å²) in [4.78, 5) is 26.9. The third-order valence-corrected chi connectivity index (χ3v) is 3.33. The van der Waals surface area contributed by atoms with E-state index in [2.05, 4.69) is 15.6 Å². The summed E-state index contributed by atoms with van der Waals surface area (Å²) in [6, 6.07) is 5.55. The van der Waals surface area contributed by atoms with E-state index in [1.165, 1.54) is 0 Å². The van der Waals surface area contributed by atoms with Gasteiger partial charge in [0.05, 0.1) is 5.54 Å². The highest BCUT2D eigenvalue weighted by atomic mass is 16.3. The van der Waals surface area contributed by atoms with E-state index in [4.69, 9.17) is 4.42 Å². The van der Waals surface area contributed by atoms with Crippen LogP contribution in [-0.2, 0) is 15.1 Å². The zero-order valence-electron chi connectivity index (χ0n) is 10.6. The topological polar surface area (TPSA) is 84.2 Å². The zero-order valence-corrected chi connectivity index (χ0v) is 10.6. The number of nitrogens with one attached hydrogen (secondary N) is 2. The van der Waals surface area contributed by atoms with E-state index in [0.29, 0.717) is 18.0 Å². The molecule has 1 aromatic carbocycles. The Bertz CT molecular complexity index is 691. The first-order valence-corrected chi connectivity index (χ1v) is 5.96. The van der Waals surface area contributed by atoms with Crippen LogP contribution in [0.1, 0.15) is 18.4 Å². The molecule has 1 saturated heterocycles. The Morgan fingerprint density at radius 3 is 2.84 bits per heavy atom. The van der Waals surface area contributed by atoms with Gasteiger partial charge in [-0.3, -0.25) is 9.59 Å². The van der Waals surface area contributed by atoms with Crippen LogP contribution in [0, 0.1) is 6.92 Å². The lowest BCUT2D eigenvalue weighted by molar-refractivity contribution is -0.142. The second-order valence-electron chi connectivity index (χ2n) is 4.88. The first-order chi connectivity index (χ1) is 8.98. The number of benzene rings is 1. The largest absolute Gasteiger partial charge is 0.441 e. The minimum absolute atomic E-state index is 0.347. The molecule has 19 heavy (non-hydrogen) atoms. The van der Waals surface area contributed by atoms with E-state index in [1.54, 1.807) is 6.92 Å². The molecule has 3 rings (SSSR count). The number of fused-ring (bicyclic) bond motifs is 1. The van der Waals surface area contributed by atoms with Crippen molar-refractivity contribution in [3.8, 4) is 0 Å². The number of piperazine rings is 1. The fourth-order valence-corrected chi connectivity index (χ4v) is 2.25. The molecular weight excluding hydrogens is 246 g/mol. The number of aromatic nitrogens is 1. The molecule has 0 spiro atoms. The number of amides is 2. The highest BCUT2D eigenvalue weighted by Crippen LogP contribution is 2.26. The summed E-state index contributed by atoms with van der Waals surface area (Å²) in [5.74, 6) is -0.626. The second kappa shape index (κ2) is 3.81. The minimum atomic E-state index is -0.633. The Labute approximate surface area is 109 Å². The Hall–Kier alpha value is -2.37. The standard InChI is InChI=1S/C13H13N3O3/c1-7-15-9-5-8(3-4-10(9)19-7)13(2)6-14-11(17)12(18)16-13/h3-5H,6H2,1-2H3,(H,14,17)(H,16,18). The van der Waals surface area contributed by atoms with Crippen molar-refractivity contribution in [2.45, 2.75) is 19.4 Å². The monoisotopic (exact) mass is 259 g/mol. The molecule has 2 heterocycles. The molecule has 0 saturated carbocycles. The molecule has 0 aliphatic carbocycles. The lowest BCUT2D eigenvalue weighted by Crippen LogP contribution is -2.60. The summed E-state index contributed by atoms with van der Waals surface area (Å²) in [5.41, 5.74) is 1.69. The minimum Gasteiger partial charge on any atom is -0.441 e. The van der Waals surface area contributed by atoms with E-state index in [-0.39, 0.29) is 0 Å². The average Bonchev–Trinajstić information content (AvgIpc) is 2.73. The fraction of sp³-hybridized carbons (Fsp3) is 0.308. The number of hydrogen-bond donors (Lipinski definition) is 2. The van der Waals surface area contributed by atoms with Crippen molar-refractivity contribution in [1.82, 2.24) is 15.6 Å². The predicted molar refractivity (Wildman–Crippen MR) is 67.3 cm³/mol. The van der Waals surface area contributed by atoms with Crippen LogP contribution in [0.2, 0.25) is 0 Å². The van der Waals surface area contributed by atoms with E-state index in [0.717, 1.165) is 11.1 Å². The fourth-order valence-electron chi connectivity index (χ4n) is 2.25. The molecule has 1 aliphatic rings. The maximum Gasteiger partial charge on any atom is 0.310 e. The molecule has 2 aromatic rings. The normalized spacial score (nSPS) is 23.3. The van der Waals surface area contributed by atoms with Gasteiger partial charge >= 0.3 is 11.8 Å². The number of hydrogen-bond acceptors (Lipinski definition) is 4. The average molecular weight is 259 g/mol. The Morgan fingerprint density at radius 1 is 1.32 bits per heavy atom. The van der Waals surface area contributed by atoms with Gasteiger partial charge in [-0.25, -0.2) is 4.98 Å². The van der Waals surface area contributed by atoms with Gasteiger partial charge < -0.3 is 15.1 Å². The van der Waals surface area contributed by atoms with Crippen LogP contribution < -0.4 is 10.6 Å². The van der Waals surface area contributed by atoms with Gasteiger partial charge in [0.15, 0.2) is 11.5 Å². The first kappa shape index (κ1) is 11.7. The molecule has 98 valence electrons. The third kappa shape index (κ3) is 1.85. The van der Waals surface area contributed by atoms with Crippen molar-refractivity contribution >= 4 is 22.9 Å². The number of carbonyl (C=O) groups excluding carboxylic acids is 2. The molecule has 6 nitrogen and oxygen atoms in total. The van der Waals surface area contributed by atoms with Gasteiger partial charge in [-0.15, -0.1) is 0 Å². The Kier molecular flexibility index (Phi) is 2.35. The maximum atomic E-state index is 11.5. The van der Waals surface area contributed by atoms with Crippen molar-refractivity contribution in [2.24, 2.45) is 0 Å². The summed E-state index contributed by atoms with van der Waals surface area (Å²) in [5, 5.41) is 5.30. The molecule has 1 aromatic heterocycles. The smallest absolute Gasteiger partial charge is 0.310 e. The number of carbonyl (C=O) groups is 2. The Morgan fingerprint density at radius 2 is 2.11 bits per heavy atom. The number of aryl methyl sites for hydroxylation is 1. The van der Waals surface area contributed by atoms with Crippen LogP contribution in [0.4, 0.5) is 0 Å². The summed E-state index contributed by atoms with van der Waals surface area (Å²) in [6.07, 6.45) is 0. The lowest BCUT2D eigenvalue weighted by Gasteiger charge is -2.34. The van der Waals surface area contributed by atoms with E-state index in [1.807, 2.05) is 25.1 Å². The molecule has 2 amide bonds. The van der Waals surface area contributed by atoms with E-state index in [9.17, 15) is 9.59 Å². The highest BCUT2D eigenvalue weighted by molar-refractivity contribution is 6.35. The first-order valence-electron chi connectivity index (χ1n) is 5.96. The van der Waals surface area contributed by atoms with Crippen molar-refractivity contribution < 1.29 is 14.0 Å². The van der Waals surface area contributed by atoms with Gasteiger partial charge in [0, 0.05) is 13.5 Å². The molecule has 0 bridgehead atoms.